The number of likely N-dealkylation sites (tertiary alicyclic amines) is 1. The van der Waals surface area contributed by atoms with Crippen LogP contribution in [0.5, 0.6) is 0 Å². The lowest BCUT2D eigenvalue weighted by Gasteiger charge is -2.35. The molecule has 29 heavy (non-hydrogen) atoms. The Kier molecular flexibility index (Phi) is 5.60. The Bertz CT molecular complexity index is 1000. The van der Waals surface area contributed by atoms with Gasteiger partial charge in [-0.2, -0.15) is 5.26 Å². The van der Waals surface area contributed by atoms with E-state index in [1.54, 1.807) is 22.9 Å². The van der Waals surface area contributed by atoms with E-state index < -0.39 is 0 Å². The molecule has 1 saturated heterocycles. The zero-order valence-corrected chi connectivity index (χ0v) is 15.8. The van der Waals surface area contributed by atoms with Crippen molar-refractivity contribution in [2.75, 3.05) is 13.1 Å². The molecule has 148 valence electrons. The van der Waals surface area contributed by atoms with Crippen LogP contribution in [0.1, 0.15) is 41.4 Å². The van der Waals surface area contributed by atoms with E-state index in [0.29, 0.717) is 43.9 Å². The van der Waals surface area contributed by atoms with E-state index in [4.69, 9.17) is 0 Å². The number of rotatable bonds is 5. The zero-order chi connectivity index (χ0) is 20.2. The fraction of sp³-hybridized carbons (Fsp3) is 0.333. The third kappa shape index (κ3) is 4.31. The average molecular weight is 392 g/mol. The highest BCUT2D eigenvalue weighted by atomic mass is 19.1. The number of hydrogen-bond donors (Lipinski definition) is 1. The Balaban J connectivity index is 1.71. The summed E-state index contributed by atoms with van der Waals surface area (Å²) in [7, 11) is 0. The number of aliphatic hydroxyl groups excluding tert-OH is 1. The van der Waals surface area contributed by atoms with Gasteiger partial charge in [-0.15, -0.1) is 5.10 Å². The molecular formula is C21H21FN6O. The topological polar surface area (TPSA) is 90.9 Å². The predicted molar refractivity (Wildman–Crippen MR) is 103 cm³/mol. The number of tetrazole rings is 1. The van der Waals surface area contributed by atoms with Gasteiger partial charge in [-0.05, 0) is 58.7 Å². The number of aliphatic hydroxyl groups is 1. The number of nitrogens with zero attached hydrogens (tertiary/aromatic N) is 6. The second kappa shape index (κ2) is 8.47. The minimum atomic E-state index is -0.299. The first kappa shape index (κ1) is 19.2. The maximum atomic E-state index is 13.2. The summed E-state index contributed by atoms with van der Waals surface area (Å²) in [5, 5.41) is 31.6. The SMILES string of the molecule is N#Cc1cccc([C@H](c2nnnn2Cc2ccc(F)cc2)N2CCC(O)CC2)c1. The normalized spacial score (nSPS) is 16.4. The molecule has 8 heteroatoms. The van der Waals surface area contributed by atoms with Crippen LogP contribution in [0, 0.1) is 17.1 Å². The molecule has 1 atom stereocenters. The Morgan fingerprint density at radius 1 is 1.17 bits per heavy atom. The molecule has 0 radical (unpaired) electrons. The highest BCUT2D eigenvalue weighted by Crippen LogP contribution is 2.30. The molecule has 1 N–H and O–H groups in total. The largest absolute Gasteiger partial charge is 0.393 e. The lowest BCUT2D eigenvalue weighted by atomic mass is 9.98. The van der Waals surface area contributed by atoms with Crippen LogP contribution >= 0.6 is 0 Å². The second-order valence-corrected chi connectivity index (χ2v) is 7.23. The van der Waals surface area contributed by atoms with Crippen LogP contribution < -0.4 is 0 Å². The molecule has 0 amide bonds. The van der Waals surface area contributed by atoms with E-state index in [2.05, 4.69) is 26.5 Å². The van der Waals surface area contributed by atoms with Crippen LogP contribution in [0.25, 0.3) is 0 Å². The summed E-state index contributed by atoms with van der Waals surface area (Å²) in [5.41, 5.74) is 2.39. The van der Waals surface area contributed by atoms with Crippen molar-refractivity contribution in [3.05, 3.63) is 76.9 Å². The monoisotopic (exact) mass is 392 g/mol. The van der Waals surface area contributed by atoms with Gasteiger partial charge < -0.3 is 5.11 Å². The maximum absolute atomic E-state index is 13.2. The summed E-state index contributed by atoms with van der Waals surface area (Å²) in [6.45, 7) is 1.81. The molecule has 1 aliphatic heterocycles. The molecular weight excluding hydrogens is 371 g/mol. The smallest absolute Gasteiger partial charge is 0.173 e. The summed E-state index contributed by atoms with van der Waals surface area (Å²) in [5.74, 6) is 0.365. The van der Waals surface area contributed by atoms with Crippen molar-refractivity contribution in [3.63, 3.8) is 0 Å². The molecule has 0 unspecified atom stereocenters. The molecule has 0 spiro atoms. The summed E-state index contributed by atoms with van der Waals surface area (Å²) in [6.07, 6.45) is 1.05. The van der Waals surface area contributed by atoms with Crippen molar-refractivity contribution in [1.29, 1.82) is 5.26 Å². The first-order valence-electron chi connectivity index (χ1n) is 9.57. The van der Waals surface area contributed by atoms with Gasteiger partial charge in [0.2, 0.25) is 0 Å². The summed E-state index contributed by atoms with van der Waals surface area (Å²) < 4.78 is 14.9. The summed E-state index contributed by atoms with van der Waals surface area (Å²) in [6, 6.07) is 15.6. The van der Waals surface area contributed by atoms with Crippen molar-refractivity contribution < 1.29 is 9.50 Å². The van der Waals surface area contributed by atoms with Crippen LogP contribution in [0.3, 0.4) is 0 Å². The summed E-state index contributed by atoms with van der Waals surface area (Å²) in [4.78, 5) is 2.23. The van der Waals surface area contributed by atoms with E-state index in [1.165, 1.54) is 12.1 Å². The first-order chi connectivity index (χ1) is 14.1. The molecule has 0 aliphatic carbocycles. The number of piperidine rings is 1. The van der Waals surface area contributed by atoms with Gasteiger partial charge in [-0.25, -0.2) is 9.07 Å². The molecule has 0 bridgehead atoms. The Morgan fingerprint density at radius 2 is 1.93 bits per heavy atom. The lowest BCUT2D eigenvalue weighted by molar-refractivity contribution is 0.0662. The molecule has 2 heterocycles. The quantitative estimate of drug-likeness (QED) is 0.716. The number of halogens is 1. The van der Waals surface area contributed by atoms with Gasteiger partial charge >= 0.3 is 0 Å². The number of hydrogen-bond acceptors (Lipinski definition) is 6. The van der Waals surface area contributed by atoms with Crippen LogP contribution in [0.15, 0.2) is 48.5 Å². The predicted octanol–water partition coefficient (Wildman–Crippen LogP) is 2.28. The molecule has 1 aliphatic rings. The van der Waals surface area contributed by atoms with Crippen LogP contribution in [0.2, 0.25) is 0 Å². The fourth-order valence-corrected chi connectivity index (χ4v) is 3.73. The van der Waals surface area contributed by atoms with E-state index in [1.807, 2.05) is 18.2 Å². The molecule has 1 aromatic heterocycles. The van der Waals surface area contributed by atoms with E-state index in [0.717, 1.165) is 11.1 Å². The van der Waals surface area contributed by atoms with E-state index in [9.17, 15) is 14.8 Å². The number of aromatic nitrogens is 4. The van der Waals surface area contributed by atoms with Gasteiger partial charge in [0.25, 0.3) is 0 Å². The zero-order valence-electron chi connectivity index (χ0n) is 15.8. The minimum absolute atomic E-state index is 0.244. The molecule has 7 nitrogen and oxygen atoms in total. The molecule has 1 fully saturated rings. The molecule has 3 aromatic rings. The number of benzene rings is 2. The van der Waals surface area contributed by atoms with Gasteiger partial charge in [0.05, 0.1) is 30.3 Å². The van der Waals surface area contributed by atoms with Crippen molar-refractivity contribution in [2.45, 2.75) is 31.5 Å². The van der Waals surface area contributed by atoms with Crippen LogP contribution in [-0.2, 0) is 6.54 Å². The number of nitriles is 1. The van der Waals surface area contributed by atoms with E-state index in [-0.39, 0.29) is 18.0 Å². The highest BCUT2D eigenvalue weighted by molar-refractivity contribution is 5.36. The van der Waals surface area contributed by atoms with Crippen molar-refractivity contribution in [1.82, 2.24) is 25.1 Å². The van der Waals surface area contributed by atoms with Gasteiger partial charge in [-0.3, -0.25) is 4.90 Å². The third-order valence-electron chi connectivity index (χ3n) is 5.25. The molecule has 0 saturated carbocycles. The highest BCUT2D eigenvalue weighted by Gasteiger charge is 2.31. The first-order valence-corrected chi connectivity index (χ1v) is 9.57. The maximum Gasteiger partial charge on any atom is 0.173 e. The van der Waals surface area contributed by atoms with Crippen LogP contribution in [0.4, 0.5) is 4.39 Å². The van der Waals surface area contributed by atoms with Crippen LogP contribution in [-0.4, -0.2) is 49.4 Å². The fourth-order valence-electron chi connectivity index (χ4n) is 3.73. The van der Waals surface area contributed by atoms with Crippen molar-refractivity contribution >= 4 is 0 Å². The van der Waals surface area contributed by atoms with Gasteiger partial charge in [0.1, 0.15) is 5.82 Å². The molecule has 4 rings (SSSR count). The molecule has 2 aromatic carbocycles. The minimum Gasteiger partial charge on any atom is -0.393 e. The Morgan fingerprint density at radius 3 is 2.66 bits per heavy atom. The second-order valence-electron chi connectivity index (χ2n) is 7.23. The van der Waals surface area contributed by atoms with Gasteiger partial charge in [-0.1, -0.05) is 24.3 Å². The standard InChI is InChI=1S/C21H21FN6O/c22-18-6-4-15(5-7-18)14-28-21(24-25-26-28)20(27-10-8-19(29)9-11-27)17-3-1-2-16(12-17)13-23/h1-7,12,19-20,29H,8-11,14H2/t20-/m1/s1. The Labute approximate surface area is 168 Å². The third-order valence-corrected chi connectivity index (χ3v) is 5.25. The Hall–Kier alpha value is -3.15. The van der Waals surface area contributed by atoms with Crippen molar-refractivity contribution in [2.24, 2.45) is 0 Å². The van der Waals surface area contributed by atoms with E-state index >= 15 is 0 Å². The average Bonchev–Trinajstić information content (AvgIpc) is 3.19. The van der Waals surface area contributed by atoms with Crippen molar-refractivity contribution in [3.8, 4) is 6.07 Å². The van der Waals surface area contributed by atoms with Gasteiger partial charge in [0, 0.05) is 13.1 Å². The lowest BCUT2D eigenvalue weighted by Crippen LogP contribution is -2.40. The summed E-state index contributed by atoms with van der Waals surface area (Å²) >= 11 is 0. The van der Waals surface area contributed by atoms with Gasteiger partial charge in [0.15, 0.2) is 5.82 Å².